The molecule has 1 radical (unpaired) electrons. The van der Waals surface area contributed by atoms with Crippen molar-refractivity contribution < 1.29 is 0 Å². The molecule has 0 spiro atoms. The van der Waals surface area contributed by atoms with Crippen molar-refractivity contribution in [1.82, 2.24) is 10.6 Å². The van der Waals surface area contributed by atoms with Gasteiger partial charge in [0.15, 0.2) is 0 Å². The summed E-state index contributed by atoms with van der Waals surface area (Å²) in [6, 6.07) is 0. The zero-order chi connectivity index (χ0) is 4.83. The van der Waals surface area contributed by atoms with Gasteiger partial charge in [0.25, 0.3) is 0 Å². The number of hydrogen-bond donors (Lipinski definition) is 2. The molecule has 0 unspecified atom stereocenters. The Balaban J connectivity index is 2.73. The highest BCUT2D eigenvalue weighted by atomic mass is 14.8. The summed E-state index contributed by atoms with van der Waals surface area (Å²) in [5.41, 5.74) is 0. The number of nitrogens with one attached hydrogen (secondary N) is 2. The van der Waals surface area contributed by atoms with E-state index in [2.05, 4.69) is 16.8 Å². The highest BCUT2D eigenvalue weighted by Gasteiger charge is 1.54. The van der Waals surface area contributed by atoms with Crippen LogP contribution in [0.25, 0.3) is 0 Å². The molecule has 0 atom stereocenters. The monoisotopic (exact) mass is 85.1 g/mol. The lowest BCUT2D eigenvalue weighted by atomic mass is 10.9. The van der Waals surface area contributed by atoms with Crippen LogP contribution in [-0.4, -0.2) is 14.1 Å². The van der Waals surface area contributed by atoms with Gasteiger partial charge in [-0.25, -0.2) is 0 Å². The van der Waals surface area contributed by atoms with E-state index in [9.17, 15) is 0 Å². The maximum absolute atomic E-state index is 2.77. The molecule has 35 valence electrons. The third-order valence-electron chi connectivity index (χ3n) is 0.361. The maximum atomic E-state index is 2.77. The third kappa shape index (κ3) is 3.34. The van der Waals surface area contributed by atoms with Crippen molar-refractivity contribution in [3.8, 4) is 0 Å². The van der Waals surface area contributed by atoms with Gasteiger partial charge in [-0.3, -0.25) is 0 Å². The number of hydrogen-bond acceptors (Lipinski definition) is 2. The lowest BCUT2D eigenvalue weighted by molar-refractivity contribution is 1.00. The van der Waals surface area contributed by atoms with Crippen LogP contribution in [0.2, 0.25) is 0 Å². The van der Waals surface area contributed by atoms with Gasteiger partial charge in [0.1, 0.15) is 0 Å². The van der Waals surface area contributed by atoms with Gasteiger partial charge in [-0.15, -0.1) is 0 Å². The normalized spacial score (nSPS) is 9.00. The summed E-state index contributed by atoms with van der Waals surface area (Å²) in [5, 5.41) is 5.47. The van der Waals surface area contributed by atoms with Crippen LogP contribution in [0.4, 0.5) is 0 Å². The topological polar surface area (TPSA) is 24.1 Å². The molecule has 0 aliphatic heterocycles. The fourth-order valence-corrected chi connectivity index (χ4v) is 0.144. The highest BCUT2D eigenvalue weighted by molar-refractivity contribution is 4.62. The molecule has 0 heterocycles. The van der Waals surface area contributed by atoms with Gasteiger partial charge in [-0.05, 0) is 0 Å². The van der Waals surface area contributed by atoms with Gasteiger partial charge >= 0.3 is 0 Å². The SMILES string of the molecule is CN/[C]=C\NC. The van der Waals surface area contributed by atoms with Crippen LogP contribution < -0.4 is 10.6 Å². The van der Waals surface area contributed by atoms with Gasteiger partial charge in [-0.2, -0.15) is 0 Å². The summed E-state index contributed by atoms with van der Waals surface area (Å²) in [7, 11) is 3.62. The van der Waals surface area contributed by atoms with Crippen LogP contribution in [-0.2, 0) is 0 Å². The van der Waals surface area contributed by atoms with Crippen molar-refractivity contribution in [1.29, 1.82) is 0 Å². The lowest BCUT2D eigenvalue weighted by Gasteiger charge is -1.81. The minimum Gasteiger partial charge on any atom is -0.392 e. The van der Waals surface area contributed by atoms with E-state index in [1.165, 1.54) is 0 Å². The minimum atomic E-state index is 1.69. The second-order valence-electron chi connectivity index (χ2n) is 0.827. The predicted molar refractivity (Wildman–Crippen MR) is 25.9 cm³/mol. The summed E-state index contributed by atoms with van der Waals surface area (Å²) >= 11 is 0. The number of rotatable bonds is 2. The minimum absolute atomic E-state index is 1.69. The molecule has 0 aliphatic carbocycles. The first kappa shape index (κ1) is 5.34. The van der Waals surface area contributed by atoms with Gasteiger partial charge < -0.3 is 10.6 Å². The van der Waals surface area contributed by atoms with Crippen molar-refractivity contribution >= 4 is 0 Å². The molecule has 0 amide bonds. The molecular weight excluding hydrogens is 76.1 g/mol. The van der Waals surface area contributed by atoms with Crippen LogP contribution >= 0.6 is 0 Å². The van der Waals surface area contributed by atoms with Crippen LogP contribution in [0.1, 0.15) is 0 Å². The van der Waals surface area contributed by atoms with E-state index in [0.717, 1.165) is 0 Å². The zero-order valence-corrected chi connectivity index (χ0v) is 4.08. The first-order chi connectivity index (χ1) is 2.91. The molecule has 0 aliphatic rings. The van der Waals surface area contributed by atoms with Crippen molar-refractivity contribution in [2.24, 2.45) is 0 Å². The average Bonchev–Trinajstić information content (AvgIpc) is 1.61. The Hall–Kier alpha value is -0.660. The van der Waals surface area contributed by atoms with Crippen LogP contribution in [0.5, 0.6) is 0 Å². The molecule has 0 fully saturated rings. The molecule has 6 heavy (non-hydrogen) atoms. The first-order valence-corrected chi connectivity index (χ1v) is 1.83. The van der Waals surface area contributed by atoms with Crippen LogP contribution in [0.3, 0.4) is 0 Å². The Morgan fingerprint density at radius 3 is 2.33 bits per heavy atom. The van der Waals surface area contributed by atoms with E-state index < -0.39 is 0 Å². The summed E-state index contributed by atoms with van der Waals surface area (Å²) in [6.07, 6.45) is 4.41. The van der Waals surface area contributed by atoms with Gasteiger partial charge in [-0.1, -0.05) is 0 Å². The molecule has 0 saturated heterocycles. The summed E-state index contributed by atoms with van der Waals surface area (Å²) in [6.45, 7) is 0. The van der Waals surface area contributed by atoms with E-state index in [1.54, 1.807) is 13.2 Å². The van der Waals surface area contributed by atoms with Crippen molar-refractivity contribution in [2.45, 2.75) is 0 Å². The van der Waals surface area contributed by atoms with E-state index in [0.29, 0.717) is 0 Å². The van der Waals surface area contributed by atoms with E-state index in [1.807, 2.05) is 7.05 Å². The fraction of sp³-hybridized carbons (Fsp3) is 0.500. The molecule has 0 aromatic carbocycles. The molecule has 0 bridgehead atoms. The van der Waals surface area contributed by atoms with Gasteiger partial charge in [0.2, 0.25) is 0 Å². The smallest absolute Gasteiger partial charge is 0.0747 e. The Morgan fingerprint density at radius 2 is 2.17 bits per heavy atom. The summed E-state index contributed by atoms with van der Waals surface area (Å²) < 4.78 is 0. The van der Waals surface area contributed by atoms with Gasteiger partial charge in [0.05, 0.1) is 6.20 Å². The molecule has 0 aromatic heterocycles. The van der Waals surface area contributed by atoms with Crippen LogP contribution in [0.15, 0.2) is 6.20 Å². The Morgan fingerprint density at radius 1 is 1.50 bits per heavy atom. The van der Waals surface area contributed by atoms with Crippen LogP contribution in [0, 0.1) is 6.20 Å². The van der Waals surface area contributed by atoms with E-state index >= 15 is 0 Å². The quantitative estimate of drug-likeness (QED) is 0.450. The molecule has 2 nitrogen and oxygen atoms in total. The lowest BCUT2D eigenvalue weighted by Crippen LogP contribution is -1.99. The second-order valence-corrected chi connectivity index (χ2v) is 0.827. The predicted octanol–water partition coefficient (Wildman–Crippen LogP) is -0.300. The molecular formula is C4H9N2. The van der Waals surface area contributed by atoms with E-state index in [-0.39, 0.29) is 0 Å². The first-order valence-electron chi connectivity index (χ1n) is 1.83. The highest BCUT2D eigenvalue weighted by Crippen LogP contribution is 1.46. The largest absolute Gasteiger partial charge is 0.392 e. The van der Waals surface area contributed by atoms with Crippen molar-refractivity contribution in [2.75, 3.05) is 14.1 Å². The second kappa shape index (κ2) is 4.34. The molecule has 0 saturated carbocycles. The summed E-state index contributed by atoms with van der Waals surface area (Å²) in [4.78, 5) is 0. The molecule has 2 heteroatoms. The maximum Gasteiger partial charge on any atom is 0.0747 e. The zero-order valence-electron chi connectivity index (χ0n) is 4.08. The molecule has 0 aromatic rings. The Kier molecular flexibility index (Phi) is 3.86. The van der Waals surface area contributed by atoms with Crippen molar-refractivity contribution in [3.05, 3.63) is 12.4 Å². The Labute approximate surface area is 38.2 Å². The molecule has 0 rings (SSSR count). The fourth-order valence-electron chi connectivity index (χ4n) is 0.144. The average molecular weight is 85.1 g/mol. The third-order valence-corrected chi connectivity index (χ3v) is 0.361. The summed E-state index contributed by atoms with van der Waals surface area (Å²) in [5.74, 6) is 0. The molecule has 2 N–H and O–H groups in total. The van der Waals surface area contributed by atoms with Gasteiger partial charge in [0, 0.05) is 20.3 Å². The van der Waals surface area contributed by atoms with E-state index in [4.69, 9.17) is 0 Å². The standard InChI is InChI=1S/C4H9N2/c1-5-3-4-6-2/h3,5-6H,1-2H3. The van der Waals surface area contributed by atoms with Crippen molar-refractivity contribution in [3.63, 3.8) is 0 Å². The Bertz CT molecular complexity index is 34.8.